The summed E-state index contributed by atoms with van der Waals surface area (Å²) in [4.78, 5) is 11.0. The van der Waals surface area contributed by atoms with Crippen molar-refractivity contribution in [2.24, 2.45) is 0 Å². The van der Waals surface area contributed by atoms with Gasteiger partial charge in [0.1, 0.15) is 5.78 Å². The SMILES string of the molecule is CCNC(=S)CC(C)=O. The maximum absolute atomic E-state index is 10.4. The molecule has 0 aromatic heterocycles. The molecule has 2 nitrogen and oxygen atoms in total. The average Bonchev–Trinajstić information content (AvgIpc) is 1.63. The number of rotatable bonds is 3. The van der Waals surface area contributed by atoms with Gasteiger partial charge >= 0.3 is 0 Å². The van der Waals surface area contributed by atoms with E-state index in [1.54, 1.807) is 0 Å². The molecule has 3 heteroatoms. The summed E-state index contributed by atoms with van der Waals surface area (Å²) in [5.74, 6) is 0.112. The van der Waals surface area contributed by atoms with Crippen LogP contribution in [0.15, 0.2) is 0 Å². The van der Waals surface area contributed by atoms with Gasteiger partial charge in [-0.05, 0) is 13.8 Å². The molecule has 1 N–H and O–H groups in total. The Balaban J connectivity index is 3.39. The molecule has 0 rings (SSSR count). The highest BCUT2D eigenvalue weighted by atomic mass is 32.1. The Morgan fingerprint density at radius 2 is 2.22 bits per heavy atom. The van der Waals surface area contributed by atoms with E-state index in [4.69, 9.17) is 12.2 Å². The predicted octanol–water partition coefficient (Wildman–Crippen LogP) is 0.902. The Hall–Kier alpha value is -0.440. The second-order valence-corrected chi connectivity index (χ2v) is 2.33. The number of hydrogen-bond donors (Lipinski definition) is 1. The lowest BCUT2D eigenvalue weighted by Crippen LogP contribution is -2.22. The Labute approximate surface area is 60.6 Å². The van der Waals surface area contributed by atoms with Crippen LogP contribution in [0.4, 0.5) is 0 Å². The van der Waals surface area contributed by atoms with Crippen LogP contribution in [-0.4, -0.2) is 17.3 Å². The third-order valence-electron chi connectivity index (χ3n) is 0.783. The summed E-state index contributed by atoms with van der Waals surface area (Å²) in [5, 5.41) is 2.89. The fraction of sp³-hybridized carbons (Fsp3) is 0.667. The third kappa shape index (κ3) is 5.43. The van der Waals surface area contributed by atoms with E-state index < -0.39 is 0 Å². The van der Waals surface area contributed by atoms with Gasteiger partial charge in [0.05, 0.1) is 11.4 Å². The van der Waals surface area contributed by atoms with Crippen molar-refractivity contribution < 1.29 is 4.79 Å². The highest BCUT2D eigenvalue weighted by molar-refractivity contribution is 7.80. The van der Waals surface area contributed by atoms with E-state index in [0.29, 0.717) is 11.4 Å². The zero-order chi connectivity index (χ0) is 7.28. The second kappa shape index (κ2) is 4.44. The summed E-state index contributed by atoms with van der Waals surface area (Å²) in [6, 6.07) is 0. The van der Waals surface area contributed by atoms with E-state index >= 15 is 0 Å². The molecule has 0 fully saturated rings. The number of thiocarbonyl (C=S) groups is 1. The van der Waals surface area contributed by atoms with Gasteiger partial charge in [-0.25, -0.2) is 0 Å². The second-order valence-electron chi connectivity index (χ2n) is 1.83. The summed E-state index contributed by atoms with van der Waals surface area (Å²) < 4.78 is 0. The van der Waals surface area contributed by atoms with E-state index in [1.165, 1.54) is 6.92 Å². The monoisotopic (exact) mass is 145 g/mol. The van der Waals surface area contributed by atoms with Crippen LogP contribution >= 0.6 is 12.2 Å². The molecule has 0 saturated carbocycles. The molecular weight excluding hydrogens is 134 g/mol. The highest BCUT2D eigenvalue weighted by Gasteiger charge is 1.96. The zero-order valence-corrected chi connectivity index (χ0v) is 6.55. The smallest absolute Gasteiger partial charge is 0.136 e. The van der Waals surface area contributed by atoms with E-state index in [0.717, 1.165) is 6.54 Å². The van der Waals surface area contributed by atoms with Crippen LogP contribution in [0.2, 0.25) is 0 Å². The van der Waals surface area contributed by atoms with Gasteiger partial charge in [0, 0.05) is 6.54 Å². The maximum Gasteiger partial charge on any atom is 0.136 e. The lowest BCUT2D eigenvalue weighted by atomic mass is 10.3. The lowest BCUT2D eigenvalue weighted by molar-refractivity contribution is -0.115. The zero-order valence-electron chi connectivity index (χ0n) is 5.73. The van der Waals surface area contributed by atoms with Crippen LogP contribution in [-0.2, 0) is 4.79 Å². The molecule has 0 aliphatic carbocycles. The van der Waals surface area contributed by atoms with Crippen LogP contribution in [0, 0.1) is 0 Å². The minimum absolute atomic E-state index is 0.112. The Morgan fingerprint density at radius 3 is 2.56 bits per heavy atom. The maximum atomic E-state index is 10.4. The first kappa shape index (κ1) is 8.56. The van der Waals surface area contributed by atoms with E-state index in [1.807, 2.05) is 6.92 Å². The molecule has 9 heavy (non-hydrogen) atoms. The first-order valence-electron chi connectivity index (χ1n) is 2.93. The van der Waals surface area contributed by atoms with E-state index in [2.05, 4.69) is 5.32 Å². The average molecular weight is 145 g/mol. The molecule has 0 amide bonds. The fourth-order valence-corrected chi connectivity index (χ4v) is 0.833. The van der Waals surface area contributed by atoms with Gasteiger partial charge in [0.25, 0.3) is 0 Å². The first-order chi connectivity index (χ1) is 4.16. The Bertz CT molecular complexity index is 122. The van der Waals surface area contributed by atoms with Crippen molar-refractivity contribution in [2.45, 2.75) is 20.3 Å². The van der Waals surface area contributed by atoms with Gasteiger partial charge in [-0.3, -0.25) is 4.79 Å². The number of hydrogen-bond acceptors (Lipinski definition) is 2. The van der Waals surface area contributed by atoms with Crippen molar-refractivity contribution in [3.63, 3.8) is 0 Å². The summed E-state index contributed by atoms with van der Waals surface area (Å²) in [5.41, 5.74) is 0. The van der Waals surface area contributed by atoms with Crippen molar-refractivity contribution in [1.29, 1.82) is 0 Å². The molecule has 0 saturated heterocycles. The summed E-state index contributed by atoms with van der Waals surface area (Å²) in [7, 11) is 0. The summed E-state index contributed by atoms with van der Waals surface area (Å²) in [6.45, 7) is 4.28. The molecule has 0 spiro atoms. The molecular formula is C6H11NOS. The molecule has 0 radical (unpaired) electrons. The molecule has 0 aliphatic rings. The normalized spacial score (nSPS) is 8.67. The number of carbonyl (C=O) groups excluding carboxylic acids is 1. The lowest BCUT2D eigenvalue weighted by Gasteiger charge is -2.00. The molecule has 0 heterocycles. The Kier molecular flexibility index (Phi) is 4.22. The minimum Gasteiger partial charge on any atom is -0.380 e. The van der Waals surface area contributed by atoms with Crippen molar-refractivity contribution in [3.05, 3.63) is 0 Å². The van der Waals surface area contributed by atoms with Crippen LogP contribution in [0.1, 0.15) is 20.3 Å². The fourth-order valence-electron chi connectivity index (χ4n) is 0.486. The minimum atomic E-state index is 0.112. The molecule has 0 aromatic rings. The van der Waals surface area contributed by atoms with Crippen LogP contribution < -0.4 is 5.32 Å². The summed E-state index contributed by atoms with van der Waals surface area (Å²) in [6.07, 6.45) is 0.378. The van der Waals surface area contributed by atoms with Gasteiger partial charge in [-0.1, -0.05) is 12.2 Å². The molecule has 0 bridgehead atoms. The van der Waals surface area contributed by atoms with Crippen LogP contribution in [0.3, 0.4) is 0 Å². The van der Waals surface area contributed by atoms with Crippen LogP contribution in [0.5, 0.6) is 0 Å². The van der Waals surface area contributed by atoms with Gasteiger partial charge in [-0.2, -0.15) is 0 Å². The summed E-state index contributed by atoms with van der Waals surface area (Å²) >= 11 is 4.80. The quantitative estimate of drug-likeness (QED) is 0.598. The topological polar surface area (TPSA) is 29.1 Å². The van der Waals surface area contributed by atoms with E-state index in [9.17, 15) is 4.79 Å². The Morgan fingerprint density at radius 1 is 1.67 bits per heavy atom. The third-order valence-corrected chi connectivity index (χ3v) is 1.07. The van der Waals surface area contributed by atoms with Gasteiger partial charge in [0.2, 0.25) is 0 Å². The van der Waals surface area contributed by atoms with Crippen molar-refractivity contribution in [3.8, 4) is 0 Å². The molecule has 0 unspecified atom stereocenters. The van der Waals surface area contributed by atoms with Gasteiger partial charge < -0.3 is 5.32 Å². The van der Waals surface area contributed by atoms with Crippen molar-refractivity contribution in [2.75, 3.05) is 6.54 Å². The number of nitrogens with one attached hydrogen (secondary N) is 1. The molecule has 0 aromatic carbocycles. The van der Waals surface area contributed by atoms with Gasteiger partial charge in [-0.15, -0.1) is 0 Å². The molecule has 0 aliphatic heterocycles. The number of carbonyl (C=O) groups is 1. The van der Waals surface area contributed by atoms with Crippen LogP contribution in [0.25, 0.3) is 0 Å². The number of Topliss-reactive ketones (excluding diaryl/α,β-unsaturated/α-hetero) is 1. The number of ketones is 1. The first-order valence-corrected chi connectivity index (χ1v) is 3.33. The van der Waals surface area contributed by atoms with E-state index in [-0.39, 0.29) is 5.78 Å². The van der Waals surface area contributed by atoms with Crippen molar-refractivity contribution >= 4 is 23.0 Å². The molecule has 0 atom stereocenters. The molecule has 52 valence electrons. The highest BCUT2D eigenvalue weighted by Crippen LogP contribution is 1.83. The standard InChI is InChI=1S/C6H11NOS/c1-3-7-6(9)4-5(2)8/h3-4H2,1-2H3,(H,7,9). The largest absolute Gasteiger partial charge is 0.380 e. The van der Waals surface area contributed by atoms with Gasteiger partial charge in [0.15, 0.2) is 0 Å². The predicted molar refractivity (Wildman–Crippen MR) is 41.6 cm³/mol. The van der Waals surface area contributed by atoms with Crippen molar-refractivity contribution in [1.82, 2.24) is 5.32 Å².